The van der Waals surface area contributed by atoms with Crippen LogP contribution in [-0.4, -0.2) is 14.3 Å². The van der Waals surface area contributed by atoms with Crippen molar-refractivity contribution in [2.75, 3.05) is 5.32 Å². The van der Waals surface area contributed by atoms with Crippen LogP contribution in [0.2, 0.25) is 0 Å². The van der Waals surface area contributed by atoms with Gasteiger partial charge in [-0.15, -0.1) is 0 Å². The van der Waals surface area contributed by atoms with Crippen molar-refractivity contribution in [3.63, 3.8) is 0 Å². The quantitative estimate of drug-likeness (QED) is 0.559. The lowest BCUT2D eigenvalue weighted by atomic mass is 10.1. The number of anilines is 1. The van der Waals surface area contributed by atoms with Crippen LogP contribution < -0.4 is 10.0 Å². The molecule has 0 spiro atoms. The zero-order valence-corrected chi connectivity index (χ0v) is 17.3. The van der Waals surface area contributed by atoms with Crippen LogP contribution in [0.4, 0.5) is 10.1 Å². The third kappa shape index (κ3) is 5.98. The summed E-state index contributed by atoms with van der Waals surface area (Å²) in [5.41, 5.74) is 2.11. The fourth-order valence-electron chi connectivity index (χ4n) is 2.99. The van der Waals surface area contributed by atoms with Crippen LogP contribution >= 0.6 is 0 Å². The van der Waals surface area contributed by atoms with E-state index in [1.165, 1.54) is 30.3 Å². The average molecular weight is 427 g/mol. The molecule has 30 heavy (non-hydrogen) atoms. The van der Waals surface area contributed by atoms with Gasteiger partial charge in [-0.05, 0) is 54.8 Å². The van der Waals surface area contributed by atoms with Gasteiger partial charge in [0.2, 0.25) is 15.9 Å². The molecule has 5 nitrogen and oxygen atoms in total. The summed E-state index contributed by atoms with van der Waals surface area (Å²) in [6, 6.07) is 21.1. The Labute approximate surface area is 176 Å². The van der Waals surface area contributed by atoms with E-state index in [1.54, 1.807) is 25.1 Å². The molecule has 2 N–H and O–H groups in total. The molecular weight excluding hydrogens is 403 g/mol. The Balaban J connectivity index is 1.56. The predicted molar refractivity (Wildman–Crippen MR) is 115 cm³/mol. The van der Waals surface area contributed by atoms with Gasteiger partial charge < -0.3 is 5.32 Å². The van der Waals surface area contributed by atoms with Crippen molar-refractivity contribution in [1.82, 2.24) is 4.72 Å². The number of hydrogen-bond donors (Lipinski definition) is 2. The molecule has 0 radical (unpaired) electrons. The van der Waals surface area contributed by atoms with E-state index in [4.69, 9.17) is 0 Å². The number of carbonyl (C=O) groups excluding carboxylic acids is 1. The van der Waals surface area contributed by atoms with Crippen LogP contribution in [0.1, 0.15) is 30.5 Å². The van der Waals surface area contributed by atoms with Crippen LogP contribution in [0.5, 0.6) is 0 Å². The third-order valence-corrected chi connectivity index (χ3v) is 6.17. The second kappa shape index (κ2) is 9.65. The molecule has 156 valence electrons. The molecule has 0 fully saturated rings. The Morgan fingerprint density at radius 3 is 2.33 bits per heavy atom. The topological polar surface area (TPSA) is 75.3 Å². The first-order chi connectivity index (χ1) is 14.3. The van der Waals surface area contributed by atoms with E-state index in [9.17, 15) is 17.6 Å². The first-order valence-corrected chi connectivity index (χ1v) is 11.0. The van der Waals surface area contributed by atoms with Gasteiger partial charge in [0.1, 0.15) is 5.82 Å². The minimum atomic E-state index is -3.67. The van der Waals surface area contributed by atoms with Crippen molar-refractivity contribution in [3.05, 3.63) is 95.8 Å². The Kier molecular flexibility index (Phi) is 6.97. The summed E-state index contributed by atoms with van der Waals surface area (Å²) in [5.74, 6) is -0.657. The second-order valence-electron chi connectivity index (χ2n) is 6.96. The number of amides is 1. The molecule has 0 aliphatic rings. The summed E-state index contributed by atoms with van der Waals surface area (Å²) in [7, 11) is -3.67. The fourth-order valence-corrected chi connectivity index (χ4v) is 4.23. The zero-order valence-electron chi connectivity index (χ0n) is 16.5. The number of rotatable bonds is 8. The summed E-state index contributed by atoms with van der Waals surface area (Å²) in [6.45, 7) is 1.79. The summed E-state index contributed by atoms with van der Waals surface area (Å²) in [5, 5.41) is 2.64. The summed E-state index contributed by atoms with van der Waals surface area (Å²) < 4.78 is 41.1. The van der Waals surface area contributed by atoms with E-state index in [-0.39, 0.29) is 23.3 Å². The van der Waals surface area contributed by atoms with Crippen LogP contribution in [-0.2, 0) is 21.2 Å². The summed E-state index contributed by atoms with van der Waals surface area (Å²) in [4.78, 5) is 12.2. The van der Waals surface area contributed by atoms with Gasteiger partial charge >= 0.3 is 0 Å². The number of nitrogens with one attached hydrogen (secondary N) is 2. The van der Waals surface area contributed by atoms with Gasteiger partial charge in [0.15, 0.2) is 0 Å². The van der Waals surface area contributed by atoms with E-state index in [1.807, 2.05) is 30.3 Å². The van der Waals surface area contributed by atoms with Crippen molar-refractivity contribution in [3.8, 4) is 0 Å². The van der Waals surface area contributed by atoms with Gasteiger partial charge in [0.25, 0.3) is 0 Å². The van der Waals surface area contributed by atoms with Gasteiger partial charge in [0.05, 0.1) is 4.90 Å². The number of carbonyl (C=O) groups is 1. The number of sulfonamides is 1. The fraction of sp³-hybridized carbons (Fsp3) is 0.174. The van der Waals surface area contributed by atoms with Crippen LogP contribution in [0.25, 0.3) is 0 Å². The molecule has 0 bridgehead atoms. The van der Waals surface area contributed by atoms with Gasteiger partial charge in [-0.1, -0.05) is 48.5 Å². The predicted octanol–water partition coefficient (Wildman–Crippen LogP) is 4.44. The number of hydrogen-bond acceptors (Lipinski definition) is 3. The van der Waals surface area contributed by atoms with E-state index >= 15 is 0 Å². The Hall–Kier alpha value is -3.03. The molecule has 7 heteroatoms. The average Bonchev–Trinajstić information content (AvgIpc) is 2.73. The highest BCUT2D eigenvalue weighted by atomic mass is 32.2. The summed E-state index contributed by atoms with van der Waals surface area (Å²) in [6.07, 6.45) is 0.640. The minimum absolute atomic E-state index is 0.165. The number of aryl methyl sites for hydroxylation is 1. The Morgan fingerprint density at radius 1 is 0.967 bits per heavy atom. The highest BCUT2D eigenvalue weighted by Gasteiger charge is 2.18. The zero-order chi connectivity index (χ0) is 21.6. The van der Waals surface area contributed by atoms with Crippen LogP contribution in [0.3, 0.4) is 0 Å². The first kappa shape index (κ1) is 21.7. The van der Waals surface area contributed by atoms with Crippen molar-refractivity contribution < 1.29 is 17.6 Å². The maximum atomic E-state index is 13.2. The Bertz CT molecular complexity index is 1100. The maximum Gasteiger partial charge on any atom is 0.241 e. The van der Waals surface area contributed by atoms with Crippen molar-refractivity contribution >= 4 is 21.6 Å². The standard InChI is InChI=1S/C23H23FN2O3S/c1-17(19-6-3-2-4-7-19)26-30(28,29)22-13-10-18(11-14-22)12-15-23(27)25-21-9-5-8-20(24)16-21/h2-11,13-14,16-17,26H,12,15H2,1H3,(H,25,27). The SMILES string of the molecule is CC(NS(=O)(=O)c1ccc(CCC(=O)Nc2cccc(F)c2)cc1)c1ccccc1. The lowest BCUT2D eigenvalue weighted by molar-refractivity contribution is -0.116. The highest BCUT2D eigenvalue weighted by Crippen LogP contribution is 2.18. The molecule has 1 amide bonds. The maximum absolute atomic E-state index is 13.2. The molecule has 1 unspecified atom stereocenters. The molecule has 0 aliphatic heterocycles. The van der Waals surface area contributed by atoms with E-state index in [0.717, 1.165) is 11.1 Å². The largest absolute Gasteiger partial charge is 0.326 e. The highest BCUT2D eigenvalue weighted by molar-refractivity contribution is 7.89. The second-order valence-corrected chi connectivity index (χ2v) is 8.67. The molecule has 0 saturated carbocycles. The van der Waals surface area contributed by atoms with Crippen LogP contribution in [0.15, 0.2) is 83.8 Å². The smallest absolute Gasteiger partial charge is 0.241 e. The van der Waals surface area contributed by atoms with E-state index in [0.29, 0.717) is 12.1 Å². The Morgan fingerprint density at radius 2 is 1.67 bits per heavy atom. The lowest BCUT2D eigenvalue weighted by Gasteiger charge is -2.15. The third-order valence-electron chi connectivity index (χ3n) is 4.61. The molecule has 3 aromatic carbocycles. The van der Waals surface area contributed by atoms with E-state index < -0.39 is 15.8 Å². The molecular formula is C23H23FN2O3S. The molecule has 1 atom stereocenters. The van der Waals surface area contributed by atoms with Gasteiger partial charge in [0, 0.05) is 18.2 Å². The van der Waals surface area contributed by atoms with Gasteiger partial charge in [-0.3, -0.25) is 4.79 Å². The van der Waals surface area contributed by atoms with Crippen LogP contribution in [0, 0.1) is 5.82 Å². The van der Waals surface area contributed by atoms with Gasteiger partial charge in [-0.2, -0.15) is 0 Å². The number of benzene rings is 3. The van der Waals surface area contributed by atoms with Crippen molar-refractivity contribution in [2.24, 2.45) is 0 Å². The monoisotopic (exact) mass is 426 g/mol. The molecule has 0 heterocycles. The summed E-state index contributed by atoms with van der Waals surface area (Å²) >= 11 is 0. The van der Waals surface area contributed by atoms with Crippen molar-refractivity contribution in [2.45, 2.75) is 30.7 Å². The lowest BCUT2D eigenvalue weighted by Crippen LogP contribution is -2.26. The number of halogens is 1. The first-order valence-electron chi connectivity index (χ1n) is 9.55. The van der Waals surface area contributed by atoms with E-state index in [2.05, 4.69) is 10.0 Å². The minimum Gasteiger partial charge on any atom is -0.326 e. The molecule has 0 aromatic heterocycles. The molecule has 3 rings (SSSR count). The molecule has 3 aromatic rings. The molecule has 0 aliphatic carbocycles. The normalized spacial score (nSPS) is 12.3. The molecule has 0 saturated heterocycles. The van der Waals surface area contributed by atoms with Gasteiger partial charge in [-0.25, -0.2) is 17.5 Å². The van der Waals surface area contributed by atoms with Crippen molar-refractivity contribution in [1.29, 1.82) is 0 Å².